The fourth-order valence-corrected chi connectivity index (χ4v) is 5.85. The van der Waals surface area contributed by atoms with Crippen molar-refractivity contribution in [3.8, 4) is 11.1 Å². The molecule has 0 heterocycles. The number of rotatable bonds is 11. The molecular weight excluding hydrogens is 472 g/mol. The maximum Gasteiger partial charge on any atom is 0.303 e. The average molecular weight is 511 g/mol. The Bertz CT molecular complexity index is 1240. The normalized spacial score (nSPS) is 17.2. The lowest BCUT2D eigenvalue weighted by Gasteiger charge is -2.28. The van der Waals surface area contributed by atoms with Crippen molar-refractivity contribution < 1.29 is 19.5 Å². The summed E-state index contributed by atoms with van der Waals surface area (Å²) in [5.74, 6) is 0.313. The maximum absolute atomic E-state index is 12.7. The van der Waals surface area contributed by atoms with E-state index in [4.69, 9.17) is 5.11 Å². The van der Waals surface area contributed by atoms with E-state index in [1.807, 2.05) is 36.4 Å². The second-order valence-corrected chi connectivity index (χ2v) is 10.9. The zero-order chi connectivity index (χ0) is 27.1. The Labute approximate surface area is 226 Å². The minimum Gasteiger partial charge on any atom is -0.481 e. The van der Waals surface area contributed by atoms with Gasteiger partial charge in [-0.15, -0.1) is 0 Å². The molecule has 1 aliphatic rings. The molecule has 0 spiro atoms. The van der Waals surface area contributed by atoms with Gasteiger partial charge in [0, 0.05) is 31.2 Å². The number of carboxylic acids is 1. The molecule has 0 atom stereocenters. The van der Waals surface area contributed by atoms with E-state index < -0.39 is 5.97 Å². The first kappa shape index (κ1) is 27.5. The van der Waals surface area contributed by atoms with Crippen LogP contribution in [0, 0.1) is 19.8 Å². The highest BCUT2D eigenvalue weighted by Gasteiger charge is 2.24. The van der Waals surface area contributed by atoms with Crippen molar-refractivity contribution in [1.29, 1.82) is 0 Å². The smallest absolute Gasteiger partial charge is 0.303 e. The molecule has 0 saturated heterocycles. The molecule has 1 saturated carbocycles. The Kier molecular flexibility index (Phi) is 9.28. The SMILES string of the molecule is Cc1cccc(C)c1-c1ccc(C(=O)CCCC(=O)Cc2ccc(C3CCC(CC(=O)O)CC3)cc2)cc1. The molecular formula is C34H38O4. The molecule has 0 amide bonds. The van der Waals surface area contributed by atoms with Crippen LogP contribution in [0.4, 0.5) is 0 Å². The Morgan fingerprint density at radius 1 is 0.789 bits per heavy atom. The largest absolute Gasteiger partial charge is 0.481 e. The maximum atomic E-state index is 12.7. The van der Waals surface area contributed by atoms with E-state index in [9.17, 15) is 14.4 Å². The Morgan fingerprint density at radius 2 is 1.42 bits per heavy atom. The summed E-state index contributed by atoms with van der Waals surface area (Å²) in [5, 5.41) is 9.00. The molecule has 38 heavy (non-hydrogen) atoms. The number of hydrogen-bond donors (Lipinski definition) is 1. The zero-order valence-electron chi connectivity index (χ0n) is 22.5. The lowest BCUT2D eigenvalue weighted by atomic mass is 9.77. The fraction of sp³-hybridized carbons (Fsp3) is 0.382. The van der Waals surface area contributed by atoms with Crippen LogP contribution in [0.5, 0.6) is 0 Å². The van der Waals surface area contributed by atoms with Gasteiger partial charge in [-0.1, -0.05) is 66.7 Å². The summed E-state index contributed by atoms with van der Waals surface area (Å²) in [5.41, 5.74) is 7.75. The van der Waals surface area contributed by atoms with E-state index >= 15 is 0 Å². The van der Waals surface area contributed by atoms with Crippen LogP contribution in [-0.4, -0.2) is 22.6 Å². The van der Waals surface area contributed by atoms with Gasteiger partial charge in [-0.3, -0.25) is 14.4 Å². The molecule has 1 aliphatic carbocycles. The third-order valence-corrected chi connectivity index (χ3v) is 8.00. The van der Waals surface area contributed by atoms with Gasteiger partial charge in [0.25, 0.3) is 0 Å². The summed E-state index contributed by atoms with van der Waals surface area (Å²) in [6, 6.07) is 22.4. The average Bonchev–Trinajstić information content (AvgIpc) is 2.89. The molecule has 1 N–H and O–H groups in total. The highest BCUT2D eigenvalue weighted by atomic mass is 16.4. The Morgan fingerprint density at radius 3 is 2.03 bits per heavy atom. The van der Waals surface area contributed by atoms with Crippen molar-refractivity contribution in [1.82, 2.24) is 0 Å². The van der Waals surface area contributed by atoms with Crippen molar-refractivity contribution in [2.45, 2.75) is 77.6 Å². The number of Topliss-reactive ketones (excluding diaryl/α,β-unsaturated/α-hetero) is 2. The summed E-state index contributed by atoms with van der Waals surface area (Å²) in [6.07, 6.45) is 5.99. The van der Waals surface area contributed by atoms with E-state index in [0.717, 1.165) is 36.8 Å². The first-order chi connectivity index (χ1) is 18.3. The molecule has 0 aromatic heterocycles. The molecule has 198 valence electrons. The minimum atomic E-state index is -0.700. The van der Waals surface area contributed by atoms with Gasteiger partial charge in [-0.25, -0.2) is 0 Å². The molecule has 1 fully saturated rings. The molecule has 3 aromatic rings. The number of benzene rings is 3. The molecule has 0 bridgehead atoms. The van der Waals surface area contributed by atoms with Gasteiger partial charge in [-0.05, 0) is 91.2 Å². The van der Waals surface area contributed by atoms with Crippen molar-refractivity contribution in [3.05, 3.63) is 94.5 Å². The monoisotopic (exact) mass is 510 g/mol. The predicted octanol–water partition coefficient (Wildman–Crippen LogP) is 7.88. The van der Waals surface area contributed by atoms with Gasteiger partial charge in [0.15, 0.2) is 5.78 Å². The van der Waals surface area contributed by atoms with Gasteiger partial charge < -0.3 is 5.11 Å². The van der Waals surface area contributed by atoms with Crippen LogP contribution in [0.25, 0.3) is 11.1 Å². The number of aliphatic carboxylic acids is 1. The van der Waals surface area contributed by atoms with Gasteiger partial charge in [-0.2, -0.15) is 0 Å². The number of aryl methyl sites for hydroxylation is 2. The summed E-state index contributed by atoms with van der Waals surface area (Å²) in [7, 11) is 0. The number of carbonyl (C=O) groups is 3. The van der Waals surface area contributed by atoms with Crippen molar-refractivity contribution in [3.63, 3.8) is 0 Å². The van der Waals surface area contributed by atoms with E-state index in [2.05, 4.69) is 44.2 Å². The molecule has 0 unspecified atom stereocenters. The number of carboxylic acid groups (broad SMARTS) is 1. The summed E-state index contributed by atoms with van der Waals surface area (Å²) in [6.45, 7) is 4.20. The predicted molar refractivity (Wildman–Crippen MR) is 152 cm³/mol. The van der Waals surface area contributed by atoms with Gasteiger partial charge in [0.05, 0.1) is 0 Å². The van der Waals surface area contributed by atoms with E-state index in [0.29, 0.717) is 43.1 Å². The lowest BCUT2D eigenvalue weighted by molar-refractivity contribution is -0.138. The number of carbonyl (C=O) groups excluding carboxylic acids is 2. The summed E-state index contributed by atoms with van der Waals surface area (Å²) in [4.78, 5) is 36.2. The highest BCUT2D eigenvalue weighted by Crippen LogP contribution is 2.37. The molecule has 0 radical (unpaired) electrons. The Balaban J connectivity index is 1.21. The van der Waals surface area contributed by atoms with Crippen LogP contribution in [0.3, 0.4) is 0 Å². The number of hydrogen-bond acceptors (Lipinski definition) is 3. The third kappa shape index (κ3) is 7.28. The molecule has 3 aromatic carbocycles. The van der Waals surface area contributed by atoms with Crippen LogP contribution in [-0.2, 0) is 16.0 Å². The molecule has 4 nitrogen and oxygen atoms in total. The van der Waals surface area contributed by atoms with Crippen LogP contribution < -0.4 is 0 Å². The third-order valence-electron chi connectivity index (χ3n) is 8.00. The number of ketones is 2. The molecule has 4 rings (SSSR count). The Hall–Kier alpha value is -3.53. The van der Waals surface area contributed by atoms with Crippen molar-refractivity contribution >= 4 is 17.5 Å². The van der Waals surface area contributed by atoms with Crippen molar-refractivity contribution in [2.24, 2.45) is 5.92 Å². The van der Waals surface area contributed by atoms with E-state index in [1.54, 1.807) is 0 Å². The lowest BCUT2D eigenvalue weighted by Crippen LogP contribution is -2.16. The minimum absolute atomic E-state index is 0.0771. The first-order valence-electron chi connectivity index (χ1n) is 13.8. The second-order valence-electron chi connectivity index (χ2n) is 10.9. The summed E-state index contributed by atoms with van der Waals surface area (Å²) < 4.78 is 0. The van der Waals surface area contributed by atoms with Gasteiger partial charge in [0.2, 0.25) is 0 Å². The van der Waals surface area contributed by atoms with E-state index in [-0.39, 0.29) is 18.0 Å². The first-order valence-corrected chi connectivity index (χ1v) is 13.8. The van der Waals surface area contributed by atoms with Crippen LogP contribution >= 0.6 is 0 Å². The quantitative estimate of drug-likeness (QED) is 0.266. The fourth-order valence-electron chi connectivity index (χ4n) is 5.85. The second kappa shape index (κ2) is 12.8. The molecule has 0 aliphatic heterocycles. The van der Waals surface area contributed by atoms with Crippen LogP contribution in [0.1, 0.15) is 89.9 Å². The van der Waals surface area contributed by atoms with Gasteiger partial charge in [0.1, 0.15) is 5.78 Å². The topological polar surface area (TPSA) is 71.4 Å². The van der Waals surface area contributed by atoms with E-state index in [1.165, 1.54) is 22.3 Å². The standard InChI is InChI=1S/C34H38O4/c1-23-5-3-6-24(2)34(23)30-19-17-29(18-20-30)32(36)8-4-7-31(35)21-25-9-13-27(14-10-25)28-15-11-26(12-16-28)22-33(37)38/h3,5-6,9-10,13-14,17-20,26,28H,4,7-8,11-12,15-16,21-22H2,1-2H3,(H,37,38). The molecule has 4 heteroatoms. The van der Waals surface area contributed by atoms with Crippen LogP contribution in [0.2, 0.25) is 0 Å². The zero-order valence-corrected chi connectivity index (χ0v) is 22.5. The highest BCUT2D eigenvalue weighted by molar-refractivity contribution is 5.96. The van der Waals surface area contributed by atoms with Crippen LogP contribution in [0.15, 0.2) is 66.7 Å². The summed E-state index contributed by atoms with van der Waals surface area (Å²) >= 11 is 0. The van der Waals surface area contributed by atoms with Crippen molar-refractivity contribution in [2.75, 3.05) is 0 Å². The van der Waals surface area contributed by atoms with Gasteiger partial charge >= 0.3 is 5.97 Å².